The van der Waals surface area contributed by atoms with Crippen molar-refractivity contribution in [2.75, 3.05) is 13.1 Å². The van der Waals surface area contributed by atoms with Gasteiger partial charge in [0.2, 0.25) is 0 Å². The van der Waals surface area contributed by atoms with Gasteiger partial charge in [0.25, 0.3) is 0 Å². The summed E-state index contributed by atoms with van der Waals surface area (Å²) in [6.45, 7) is 3.25. The fourth-order valence-electron chi connectivity index (χ4n) is 2.15. The number of urea groups is 1. The summed E-state index contributed by atoms with van der Waals surface area (Å²) in [5.74, 6) is -0.194. The molecule has 0 unspecified atom stereocenters. The SMILES string of the molecule is CC1=CC(N2CCNC2=O)=CC(=N/C=C(\C=N)C(=N)N)C1. The van der Waals surface area contributed by atoms with Crippen molar-refractivity contribution in [1.29, 1.82) is 10.8 Å². The van der Waals surface area contributed by atoms with Crippen LogP contribution in [0.5, 0.6) is 0 Å². The largest absolute Gasteiger partial charge is 0.384 e. The average molecular weight is 286 g/mol. The van der Waals surface area contributed by atoms with E-state index in [1.807, 2.05) is 19.1 Å². The second kappa shape index (κ2) is 6.17. The van der Waals surface area contributed by atoms with Crippen LogP contribution in [-0.2, 0) is 0 Å². The topological polar surface area (TPSA) is 118 Å². The van der Waals surface area contributed by atoms with E-state index in [1.54, 1.807) is 4.90 Å². The minimum absolute atomic E-state index is 0.106. The summed E-state index contributed by atoms with van der Waals surface area (Å²) in [5, 5.41) is 17.3. The lowest BCUT2D eigenvalue weighted by molar-refractivity contribution is 0.228. The van der Waals surface area contributed by atoms with Crippen molar-refractivity contribution in [1.82, 2.24) is 10.2 Å². The van der Waals surface area contributed by atoms with Gasteiger partial charge < -0.3 is 16.5 Å². The summed E-state index contributed by atoms with van der Waals surface area (Å²) in [6.07, 6.45) is 6.88. The van der Waals surface area contributed by atoms with Gasteiger partial charge in [-0.2, -0.15) is 0 Å². The van der Waals surface area contributed by atoms with Crippen molar-refractivity contribution in [3.05, 3.63) is 35.2 Å². The Morgan fingerprint density at radius 2 is 2.29 bits per heavy atom. The van der Waals surface area contributed by atoms with Crippen molar-refractivity contribution in [3.63, 3.8) is 0 Å². The zero-order chi connectivity index (χ0) is 15.4. The van der Waals surface area contributed by atoms with Crippen LogP contribution >= 0.6 is 0 Å². The molecule has 2 aliphatic rings. The summed E-state index contributed by atoms with van der Waals surface area (Å²) in [4.78, 5) is 17.7. The van der Waals surface area contributed by atoms with Crippen LogP contribution in [0.4, 0.5) is 4.79 Å². The predicted molar refractivity (Wildman–Crippen MR) is 82.8 cm³/mol. The van der Waals surface area contributed by atoms with E-state index >= 15 is 0 Å². The van der Waals surface area contributed by atoms with Gasteiger partial charge in [0, 0.05) is 43.3 Å². The molecular weight excluding hydrogens is 268 g/mol. The van der Waals surface area contributed by atoms with Crippen LogP contribution in [0.25, 0.3) is 0 Å². The first-order valence-corrected chi connectivity index (χ1v) is 6.57. The monoisotopic (exact) mass is 286 g/mol. The molecule has 0 atom stereocenters. The molecule has 7 nitrogen and oxygen atoms in total. The normalized spacial score (nSPS) is 21.0. The zero-order valence-corrected chi connectivity index (χ0v) is 11.8. The van der Waals surface area contributed by atoms with Crippen LogP contribution in [0.2, 0.25) is 0 Å². The highest BCUT2D eigenvalue weighted by atomic mass is 16.2. The fourth-order valence-corrected chi connectivity index (χ4v) is 2.15. The first kappa shape index (κ1) is 14.7. The molecule has 2 amide bonds. The maximum atomic E-state index is 11.7. The molecule has 1 aliphatic heterocycles. The summed E-state index contributed by atoms with van der Waals surface area (Å²) < 4.78 is 0. The van der Waals surface area contributed by atoms with E-state index in [0.717, 1.165) is 23.2 Å². The number of hydrogen-bond acceptors (Lipinski definition) is 4. The lowest BCUT2D eigenvalue weighted by atomic mass is 10.0. The molecule has 21 heavy (non-hydrogen) atoms. The highest BCUT2D eigenvalue weighted by Gasteiger charge is 2.23. The molecule has 0 spiro atoms. The van der Waals surface area contributed by atoms with Gasteiger partial charge in [0.15, 0.2) is 0 Å². The Bertz CT molecular complexity index is 611. The number of carbonyl (C=O) groups is 1. The summed E-state index contributed by atoms with van der Waals surface area (Å²) in [7, 11) is 0. The van der Waals surface area contributed by atoms with Gasteiger partial charge >= 0.3 is 6.03 Å². The molecule has 0 radical (unpaired) electrons. The third-order valence-corrected chi connectivity index (χ3v) is 3.17. The van der Waals surface area contributed by atoms with Crippen molar-refractivity contribution in [2.45, 2.75) is 13.3 Å². The predicted octanol–water partition coefficient (Wildman–Crippen LogP) is 1.16. The van der Waals surface area contributed by atoms with E-state index in [-0.39, 0.29) is 17.4 Å². The number of hydrogen-bond donors (Lipinski definition) is 4. The van der Waals surface area contributed by atoms with Crippen LogP contribution in [0.1, 0.15) is 13.3 Å². The number of aliphatic imine (C=N–C) groups is 1. The van der Waals surface area contributed by atoms with Gasteiger partial charge in [-0.05, 0) is 19.1 Å². The second-order valence-electron chi connectivity index (χ2n) is 4.88. The maximum Gasteiger partial charge on any atom is 0.321 e. The van der Waals surface area contributed by atoms with E-state index < -0.39 is 0 Å². The van der Waals surface area contributed by atoms with Gasteiger partial charge in [-0.3, -0.25) is 15.3 Å². The quantitative estimate of drug-likeness (QED) is 0.458. The van der Waals surface area contributed by atoms with Crippen molar-refractivity contribution in [2.24, 2.45) is 10.7 Å². The number of rotatable bonds is 4. The Morgan fingerprint density at radius 1 is 1.52 bits per heavy atom. The van der Waals surface area contributed by atoms with Crippen molar-refractivity contribution >= 4 is 23.8 Å². The standard InChI is InChI=1S/C14H18N6O/c1-9-4-11(19-8-10(7-15)13(16)17)6-12(5-9)20-3-2-18-14(20)21/h5-8,15H,2-4H2,1H3,(H3,16,17)(H,18,21)/b10-8+,15-7?,19-11?. The fraction of sp³-hybridized carbons (Fsp3) is 0.286. The summed E-state index contributed by atoms with van der Waals surface area (Å²) in [5.41, 5.74) is 8.27. The van der Waals surface area contributed by atoms with Gasteiger partial charge in [-0.15, -0.1) is 0 Å². The third kappa shape index (κ3) is 3.44. The smallest absolute Gasteiger partial charge is 0.321 e. The minimum atomic E-state index is -0.194. The van der Waals surface area contributed by atoms with E-state index in [0.29, 0.717) is 19.5 Å². The molecule has 1 heterocycles. The molecular formula is C14H18N6O. The molecule has 0 bridgehead atoms. The summed E-state index contributed by atoms with van der Waals surface area (Å²) in [6, 6.07) is -0.106. The van der Waals surface area contributed by atoms with Crippen LogP contribution < -0.4 is 11.1 Å². The molecule has 0 aromatic heterocycles. The highest BCUT2D eigenvalue weighted by molar-refractivity contribution is 6.12. The van der Waals surface area contributed by atoms with E-state index in [9.17, 15) is 4.79 Å². The molecule has 5 N–H and O–H groups in total. The molecule has 110 valence electrons. The maximum absolute atomic E-state index is 11.7. The molecule has 0 aromatic carbocycles. The third-order valence-electron chi connectivity index (χ3n) is 3.17. The van der Waals surface area contributed by atoms with E-state index in [1.165, 1.54) is 6.20 Å². The van der Waals surface area contributed by atoms with E-state index in [2.05, 4.69) is 10.3 Å². The minimum Gasteiger partial charge on any atom is -0.384 e. The molecule has 1 saturated heterocycles. The number of carbonyl (C=O) groups excluding carboxylic acids is 1. The molecule has 7 heteroatoms. The van der Waals surface area contributed by atoms with Crippen LogP contribution in [0.15, 0.2) is 40.2 Å². The molecule has 0 aromatic rings. The van der Waals surface area contributed by atoms with Crippen molar-refractivity contribution in [3.8, 4) is 0 Å². The lowest BCUT2D eigenvalue weighted by Crippen LogP contribution is -2.28. The van der Waals surface area contributed by atoms with Gasteiger partial charge in [0.1, 0.15) is 5.84 Å². The first-order valence-electron chi connectivity index (χ1n) is 6.57. The Hall–Kier alpha value is -2.70. The highest BCUT2D eigenvalue weighted by Crippen LogP contribution is 2.20. The van der Waals surface area contributed by atoms with Gasteiger partial charge in [-0.1, -0.05) is 5.57 Å². The van der Waals surface area contributed by atoms with Crippen LogP contribution in [-0.4, -0.2) is 41.8 Å². The van der Waals surface area contributed by atoms with E-state index in [4.69, 9.17) is 16.6 Å². The van der Waals surface area contributed by atoms with Crippen LogP contribution in [0.3, 0.4) is 0 Å². The molecule has 1 fully saturated rings. The van der Waals surface area contributed by atoms with Crippen molar-refractivity contribution < 1.29 is 4.79 Å². The number of nitrogens with one attached hydrogen (secondary N) is 3. The number of nitrogens with two attached hydrogens (primary N) is 1. The number of amides is 2. The number of nitrogens with zero attached hydrogens (tertiary/aromatic N) is 2. The lowest BCUT2D eigenvalue weighted by Gasteiger charge is -2.20. The molecule has 2 rings (SSSR count). The molecule has 1 aliphatic carbocycles. The number of allylic oxidation sites excluding steroid dienone is 3. The second-order valence-corrected chi connectivity index (χ2v) is 4.88. The Labute approximate surface area is 122 Å². The average Bonchev–Trinajstić information content (AvgIpc) is 2.84. The number of amidine groups is 1. The summed E-state index contributed by atoms with van der Waals surface area (Å²) >= 11 is 0. The van der Waals surface area contributed by atoms with Gasteiger partial charge in [0.05, 0.1) is 5.57 Å². The Balaban J connectivity index is 2.27. The molecule has 0 saturated carbocycles. The zero-order valence-electron chi connectivity index (χ0n) is 11.8. The Kier molecular flexibility index (Phi) is 4.32. The Morgan fingerprint density at radius 3 is 2.86 bits per heavy atom. The van der Waals surface area contributed by atoms with Gasteiger partial charge in [-0.25, -0.2) is 4.79 Å². The van der Waals surface area contributed by atoms with Crippen LogP contribution in [0, 0.1) is 10.8 Å². The first-order chi connectivity index (χ1) is 10.0.